The van der Waals surface area contributed by atoms with Crippen LogP contribution in [0.4, 0.5) is 0 Å². The fourth-order valence-electron chi connectivity index (χ4n) is 2.29. The second-order valence-electron chi connectivity index (χ2n) is 5.31. The summed E-state index contributed by atoms with van der Waals surface area (Å²) in [4.78, 5) is 12.2. The summed E-state index contributed by atoms with van der Waals surface area (Å²) in [7, 11) is 3.09. The van der Waals surface area contributed by atoms with Gasteiger partial charge in [0.25, 0.3) is 5.91 Å². The van der Waals surface area contributed by atoms with E-state index in [1.54, 1.807) is 32.4 Å². The average molecular weight is 336 g/mol. The van der Waals surface area contributed by atoms with Crippen molar-refractivity contribution in [3.05, 3.63) is 65.2 Å². The predicted octanol–water partition coefficient (Wildman–Crippen LogP) is 2.97. The van der Waals surface area contributed by atoms with Crippen molar-refractivity contribution >= 4 is 12.0 Å². The highest BCUT2D eigenvalue weighted by Crippen LogP contribution is 2.24. The zero-order chi connectivity index (χ0) is 18.1. The number of rotatable bonds is 7. The molecule has 2 aromatic rings. The lowest BCUT2D eigenvalue weighted by Gasteiger charge is -2.07. The normalized spacial score (nSPS) is 10.7. The van der Waals surface area contributed by atoms with Gasteiger partial charge >= 0.3 is 0 Å². The molecular weight excluding hydrogens is 316 g/mol. The Morgan fingerprint density at radius 3 is 2.32 bits per heavy atom. The van der Waals surface area contributed by atoms with Crippen LogP contribution in [0.5, 0.6) is 11.5 Å². The summed E-state index contributed by atoms with van der Waals surface area (Å²) in [5.74, 6) is 0.778. The maximum Gasteiger partial charge on any atom is 0.261 e. The van der Waals surface area contributed by atoms with Crippen LogP contribution in [0.1, 0.15) is 11.1 Å². The number of amides is 1. The maximum absolute atomic E-state index is 12.2. The van der Waals surface area contributed by atoms with E-state index in [4.69, 9.17) is 9.47 Å². The molecule has 0 saturated carbocycles. The Bertz CT molecular complexity index is 770. The average Bonchev–Trinajstić information content (AvgIpc) is 2.66. The van der Waals surface area contributed by atoms with Crippen molar-refractivity contribution in [3.63, 3.8) is 0 Å². The number of carbonyl (C=O) groups excluding carboxylic acids is 1. The van der Waals surface area contributed by atoms with Crippen LogP contribution in [0, 0.1) is 11.3 Å². The molecule has 0 saturated heterocycles. The van der Waals surface area contributed by atoms with Gasteiger partial charge in [0.15, 0.2) is 0 Å². The first-order chi connectivity index (χ1) is 12.2. The van der Waals surface area contributed by atoms with Crippen LogP contribution >= 0.6 is 0 Å². The largest absolute Gasteiger partial charge is 0.497 e. The Morgan fingerprint density at radius 2 is 1.76 bits per heavy atom. The smallest absolute Gasteiger partial charge is 0.261 e. The monoisotopic (exact) mass is 336 g/mol. The van der Waals surface area contributed by atoms with E-state index in [0.29, 0.717) is 30.0 Å². The first-order valence-electron chi connectivity index (χ1n) is 7.83. The third-order valence-electron chi connectivity index (χ3n) is 3.59. The fourth-order valence-corrected chi connectivity index (χ4v) is 2.29. The number of methoxy groups -OCH3 is 2. The molecule has 0 atom stereocenters. The van der Waals surface area contributed by atoms with Gasteiger partial charge in [-0.1, -0.05) is 30.3 Å². The predicted molar refractivity (Wildman–Crippen MR) is 96.3 cm³/mol. The number of hydrogen-bond donors (Lipinski definition) is 1. The molecule has 2 rings (SSSR count). The van der Waals surface area contributed by atoms with Gasteiger partial charge in [-0.25, -0.2) is 0 Å². The Hall–Kier alpha value is -3.26. The van der Waals surface area contributed by atoms with E-state index in [1.165, 1.54) is 6.08 Å². The SMILES string of the molecule is COc1cc(/C=C(\C#N)C(=O)NCCc2ccccc2)cc(OC)c1. The third kappa shape index (κ3) is 5.40. The van der Waals surface area contributed by atoms with Gasteiger partial charge in [-0.05, 0) is 35.8 Å². The summed E-state index contributed by atoms with van der Waals surface area (Å²) in [5.41, 5.74) is 1.82. The lowest BCUT2D eigenvalue weighted by Crippen LogP contribution is -2.26. The van der Waals surface area contributed by atoms with E-state index in [2.05, 4.69) is 5.32 Å². The Balaban J connectivity index is 2.06. The Kier molecular flexibility index (Phi) is 6.61. The maximum atomic E-state index is 12.2. The van der Waals surface area contributed by atoms with E-state index in [-0.39, 0.29) is 5.57 Å². The van der Waals surface area contributed by atoms with E-state index >= 15 is 0 Å². The highest BCUT2D eigenvalue weighted by Gasteiger charge is 2.09. The van der Waals surface area contributed by atoms with Crippen LogP contribution in [0.15, 0.2) is 54.1 Å². The standard InChI is InChI=1S/C20H20N2O3/c1-24-18-11-16(12-19(13-18)25-2)10-17(14-21)20(23)22-9-8-15-6-4-3-5-7-15/h3-7,10-13H,8-9H2,1-2H3,(H,22,23)/b17-10+. The van der Waals surface area contributed by atoms with Crippen molar-refractivity contribution in [1.82, 2.24) is 5.32 Å². The second-order valence-corrected chi connectivity index (χ2v) is 5.31. The molecule has 0 radical (unpaired) electrons. The summed E-state index contributed by atoms with van der Waals surface area (Å²) in [6.07, 6.45) is 2.22. The molecule has 1 amide bonds. The number of carbonyl (C=O) groups is 1. The minimum atomic E-state index is -0.403. The number of nitrogens with zero attached hydrogens (tertiary/aromatic N) is 1. The van der Waals surface area contributed by atoms with Crippen molar-refractivity contribution < 1.29 is 14.3 Å². The Morgan fingerprint density at radius 1 is 1.12 bits per heavy atom. The number of hydrogen-bond acceptors (Lipinski definition) is 4. The lowest BCUT2D eigenvalue weighted by atomic mass is 10.1. The zero-order valence-corrected chi connectivity index (χ0v) is 14.3. The molecule has 0 fully saturated rings. The molecular formula is C20H20N2O3. The van der Waals surface area contributed by atoms with E-state index in [1.807, 2.05) is 36.4 Å². The molecule has 0 aliphatic heterocycles. The van der Waals surface area contributed by atoms with Crippen LogP contribution in [-0.2, 0) is 11.2 Å². The van der Waals surface area contributed by atoms with Crippen molar-refractivity contribution in [2.75, 3.05) is 20.8 Å². The first kappa shape index (κ1) is 18.1. The molecule has 0 bridgehead atoms. The van der Waals surface area contributed by atoms with Gasteiger partial charge in [0, 0.05) is 12.6 Å². The molecule has 128 valence electrons. The van der Waals surface area contributed by atoms with Crippen molar-refractivity contribution in [2.24, 2.45) is 0 Å². The molecule has 0 aromatic heterocycles. The molecule has 0 heterocycles. The third-order valence-corrected chi connectivity index (χ3v) is 3.59. The van der Waals surface area contributed by atoms with Gasteiger partial charge in [0.1, 0.15) is 23.1 Å². The molecule has 25 heavy (non-hydrogen) atoms. The van der Waals surface area contributed by atoms with Gasteiger partial charge in [0.05, 0.1) is 14.2 Å². The number of nitrogens with one attached hydrogen (secondary N) is 1. The van der Waals surface area contributed by atoms with Gasteiger partial charge in [-0.3, -0.25) is 4.79 Å². The number of ether oxygens (including phenoxy) is 2. The minimum absolute atomic E-state index is 0.0309. The molecule has 1 N–H and O–H groups in total. The summed E-state index contributed by atoms with van der Waals surface area (Å²) >= 11 is 0. The number of nitriles is 1. The summed E-state index contributed by atoms with van der Waals surface area (Å²) < 4.78 is 10.4. The summed E-state index contributed by atoms with van der Waals surface area (Å²) in [6.45, 7) is 0.462. The quantitative estimate of drug-likeness (QED) is 0.623. The summed E-state index contributed by atoms with van der Waals surface area (Å²) in [5, 5.41) is 12.1. The highest BCUT2D eigenvalue weighted by molar-refractivity contribution is 6.01. The van der Waals surface area contributed by atoms with Gasteiger partial charge in [-0.2, -0.15) is 5.26 Å². The van der Waals surface area contributed by atoms with Crippen molar-refractivity contribution in [3.8, 4) is 17.6 Å². The van der Waals surface area contributed by atoms with Crippen LogP contribution in [0.2, 0.25) is 0 Å². The first-order valence-corrected chi connectivity index (χ1v) is 7.83. The van der Waals surface area contributed by atoms with E-state index in [0.717, 1.165) is 5.56 Å². The molecule has 0 spiro atoms. The molecule has 5 heteroatoms. The van der Waals surface area contributed by atoms with Crippen LogP contribution in [-0.4, -0.2) is 26.7 Å². The molecule has 0 aliphatic carbocycles. The minimum Gasteiger partial charge on any atom is -0.497 e. The molecule has 0 aliphatic rings. The van der Waals surface area contributed by atoms with Gasteiger partial charge in [0.2, 0.25) is 0 Å². The zero-order valence-electron chi connectivity index (χ0n) is 14.3. The molecule has 2 aromatic carbocycles. The lowest BCUT2D eigenvalue weighted by molar-refractivity contribution is -0.117. The van der Waals surface area contributed by atoms with Crippen LogP contribution in [0.3, 0.4) is 0 Å². The highest BCUT2D eigenvalue weighted by atomic mass is 16.5. The molecule has 5 nitrogen and oxygen atoms in total. The molecule has 0 unspecified atom stereocenters. The van der Waals surface area contributed by atoms with Gasteiger partial charge < -0.3 is 14.8 Å². The topological polar surface area (TPSA) is 71.3 Å². The summed E-state index contributed by atoms with van der Waals surface area (Å²) in [6, 6.07) is 17.0. The van der Waals surface area contributed by atoms with Crippen molar-refractivity contribution in [2.45, 2.75) is 6.42 Å². The fraction of sp³-hybridized carbons (Fsp3) is 0.200. The Labute approximate surface area is 147 Å². The second kappa shape index (κ2) is 9.14. The van der Waals surface area contributed by atoms with Crippen molar-refractivity contribution in [1.29, 1.82) is 5.26 Å². The van der Waals surface area contributed by atoms with E-state index < -0.39 is 5.91 Å². The van der Waals surface area contributed by atoms with Crippen LogP contribution < -0.4 is 14.8 Å². The van der Waals surface area contributed by atoms with Crippen LogP contribution in [0.25, 0.3) is 6.08 Å². The number of benzene rings is 2. The van der Waals surface area contributed by atoms with Gasteiger partial charge in [-0.15, -0.1) is 0 Å². The van der Waals surface area contributed by atoms with E-state index in [9.17, 15) is 10.1 Å².